The Kier molecular flexibility index (Phi) is 32.8. The fourth-order valence-corrected chi connectivity index (χ4v) is 6.05. The van der Waals surface area contributed by atoms with Crippen LogP contribution < -0.4 is 0 Å². The van der Waals surface area contributed by atoms with Crippen LogP contribution >= 0.6 is 19.1 Å². The fraction of sp³-hybridized carbons (Fsp3) is 1.00. The number of unbranched alkanes of at least 4 members (excludes halogenated alkanes) is 19. The summed E-state index contributed by atoms with van der Waals surface area (Å²) >= 11 is 0. The lowest BCUT2D eigenvalue weighted by Gasteiger charge is -2.35. The van der Waals surface area contributed by atoms with Crippen molar-refractivity contribution in [3.63, 3.8) is 0 Å². The molecule has 0 aliphatic rings. The molecule has 0 aromatic carbocycles. The van der Waals surface area contributed by atoms with E-state index >= 15 is 0 Å². The van der Waals surface area contributed by atoms with Gasteiger partial charge in [0.2, 0.25) is 0 Å². The Hall–Kier alpha value is 0.860. The molecule has 0 nitrogen and oxygen atoms in total. The molecule has 0 aliphatic carbocycles. The van der Waals surface area contributed by atoms with E-state index in [0.717, 1.165) is 0 Å². The third kappa shape index (κ3) is 24.5. The number of rotatable bonds is 28. The van der Waals surface area contributed by atoms with Gasteiger partial charge in [-0.25, -0.2) is 0 Å². The van der Waals surface area contributed by atoms with Gasteiger partial charge in [0.15, 0.2) is 0 Å². The van der Waals surface area contributed by atoms with Crippen molar-refractivity contribution >= 4 is 19.1 Å². The molecule has 0 saturated heterocycles. The van der Waals surface area contributed by atoms with E-state index in [4.69, 9.17) is 0 Å². The van der Waals surface area contributed by atoms with Crippen LogP contribution in [0.2, 0.25) is 0 Å². The number of hydrogen-bond acceptors (Lipinski definition) is 0. The molecule has 208 valence electrons. The van der Waals surface area contributed by atoms with Crippen molar-refractivity contribution < 1.29 is 0 Å². The van der Waals surface area contributed by atoms with E-state index in [0.29, 0.717) is 5.41 Å². The van der Waals surface area contributed by atoms with E-state index in [9.17, 15) is 0 Å². The minimum absolute atomic E-state index is 0. The zero-order valence-electron chi connectivity index (χ0n) is 24.6. The van der Waals surface area contributed by atoms with Gasteiger partial charge in [0.1, 0.15) is 0 Å². The highest BCUT2D eigenvalue weighted by Gasteiger charge is 2.28. The molecule has 34 heavy (non-hydrogen) atoms. The van der Waals surface area contributed by atoms with Crippen LogP contribution in [0, 0.1) is 5.41 Å². The topological polar surface area (TPSA) is 0 Å². The molecular formula is C32H70P2. The van der Waals surface area contributed by atoms with E-state index in [2.05, 4.69) is 30.0 Å². The predicted molar refractivity (Wildman–Crippen MR) is 170 cm³/mol. The van der Waals surface area contributed by atoms with Crippen LogP contribution in [-0.2, 0) is 0 Å². The highest BCUT2D eigenvalue weighted by molar-refractivity contribution is 7.16. The predicted octanol–water partition coefficient (Wildman–Crippen LogP) is 12.5. The van der Waals surface area contributed by atoms with Gasteiger partial charge in [0, 0.05) is 0 Å². The quantitative estimate of drug-likeness (QED) is 0.0716. The second-order valence-corrected chi connectivity index (χ2v) is 11.9. The van der Waals surface area contributed by atoms with Gasteiger partial charge >= 0.3 is 0 Å². The first-order valence-corrected chi connectivity index (χ1v) is 16.8. The Morgan fingerprint density at radius 1 is 0.353 bits per heavy atom. The van der Waals surface area contributed by atoms with E-state index < -0.39 is 0 Å². The first kappa shape index (κ1) is 37.0. The monoisotopic (exact) mass is 516 g/mol. The van der Waals surface area contributed by atoms with E-state index in [1.54, 1.807) is 0 Å². The zero-order valence-corrected chi connectivity index (χ0v) is 27.2. The summed E-state index contributed by atoms with van der Waals surface area (Å²) in [6.45, 7) is 7.07. The average molecular weight is 517 g/mol. The van der Waals surface area contributed by atoms with Gasteiger partial charge < -0.3 is 0 Å². The molecule has 0 saturated carbocycles. The molecule has 0 bridgehead atoms. The maximum atomic E-state index is 2.86. The zero-order chi connectivity index (χ0) is 24.3. The van der Waals surface area contributed by atoms with Gasteiger partial charge in [0.25, 0.3) is 0 Å². The van der Waals surface area contributed by atoms with Crippen LogP contribution in [0.1, 0.15) is 194 Å². The minimum atomic E-state index is 0. The van der Waals surface area contributed by atoms with E-state index in [1.165, 1.54) is 180 Å². The van der Waals surface area contributed by atoms with Crippen LogP contribution in [0.5, 0.6) is 0 Å². The second-order valence-electron chi connectivity index (χ2n) is 11.4. The van der Waals surface area contributed by atoms with Crippen molar-refractivity contribution in [3.8, 4) is 0 Å². The molecule has 0 amide bonds. The highest BCUT2D eigenvalue weighted by Crippen LogP contribution is 2.42. The minimum Gasteiger partial charge on any atom is -0.153 e. The van der Waals surface area contributed by atoms with Crippen molar-refractivity contribution in [1.82, 2.24) is 0 Å². The van der Waals surface area contributed by atoms with Gasteiger partial charge in [-0.05, 0) is 43.7 Å². The van der Waals surface area contributed by atoms with Gasteiger partial charge in [-0.2, -0.15) is 9.90 Å². The molecule has 0 aliphatic heterocycles. The third-order valence-corrected chi connectivity index (χ3v) is 8.50. The van der Waals surface area contributed by atoms with Gasteiger partial charge in [0.05, 0.1) is 0 Å². The summed E-state index contributed by atoms with van der Waals surface area (Å²) in [4.78, 5) is 0. The van der Waals surface area contributed by atoms with Crippen molar-refractivity contribution in [3.05, 3.63) is 0 Å². The Morgan fingerprint density at radius 3 is 0.853 bits per heavy atom. The van der Waals surface area contributed by atoms with Gasteiger partial charge in [-0.3, -0.25) is 0 Å². The normalized spacial score (nSPS) is 11.6. The summed E-state index contributed by atoms with van der Waals surface area (Å²) in [7, 11) is 2.86. The van der Waals surface area contributed by atoms with Crippen LogP contribution in [0.3, 0.4) is 0 Å². The lowest BCUT2D eigenvalue weighted by atomic mass is 9.70. The van der Waals surface area contributed by atoms with Crippen molar-refractivity contribution in [1.29, 1.82) is 0 Å². The maximum absolute atomic E-state index is 2.86. The largest absolute Gasteiger partial charge is 0.153 e. The van der Waals surface area contributed by atoms with Crippen molar-refractivity contribution in [2.24, 2.45) is 5.41 Å². The molecular weight excluding hydrogens is 446 g/mol. The molecule has 2 heteroatoms. The van der Waals surface area contributed by atoms with Crippen molar-refractivity contribution in [2.45, 2.75) is 194 Å². The first-order chi connectivity index (χ1) is 16.2. The molecule has 0 aromatic rings. The lowest BCUT2D eigenvalue weighted by molar-refractivity contribution is 0.172. The molecule has 0 fully saturated rings. The molecule has 2 unspecified atom stereocenters. The van der Waals surface area contributed by atoms with E-state index in [1.807, 2.05) is 0 Å². The van der Waals surface area contributed by atoms with Crippen LogP contribution in [0.15, 0.2) is 0 Å². The standard InChI is InChI=1S/C32H67P.H3P/c1-4-7-10-22-27-32(28-23-11-8-5-2,29-24-12-9-6-3)30-25-20-18-16-14-13-15-17-19-21-26-31-33;/h4-31,33H2,1-3H3;1H3. The molecule has 0 heterocycles. The summed E-state index contributed by atoms with van der Waals surface area (Å²) in [6, 6.07) is 0. The Morgan fingerprint density at radius 2 is 0.588 bits per heavy atom. The van der Waals surface area contributed by atoms with Crippen LogP contribution in [-0.4, -0.2) is 6.16 Å². The molecule has 0 spiro atoms. The number of hydrogen-bond donors (Lipinski definition) is 0. The van der Waals surface area contributed by atoms with Gasteiger partial charge in [-0.1, -0.05) is 162 Å². The lowest BCUT2D eigenvalue weighted by Crippen LogP contribution is -2.21. The summed E-state index contributed by atoms with van der Waals surface area (Å²) in [6.07, 6.45) is 41.0. The van der Waals surface area contributed by atoms with Gasteiger partial charge in [-0.15, -0.1) is 9.24 Å². The second kappa shape index (κ2) is 30.1. The molecule has 0 aromatic heterocycles. The molecule has 0 radical (unpaired) electrons. The Bertz CT molecular complexity index is 324. The Balaban J connectivity index is 0. The average Bonchev–Trinajstić information content (AvgIpc) is 2.83. The first-order valence-electron chi connectivity index (χ1n) is 15.9. The molecule has 0 N–H and O–H groups in total. The molecule has 2 atom stereocenters. The Labute approximate surface area is 224 Å². The maximum Gasteiger partial charge on any atom is -0.0297 e. The summed E-state index contributed by atoms with van der Waals surface area (Å²) in [5.41, 5.74) is 0.687. The third-order valence-electron chi connectivity index (χ3n) is 8.09. The molecule has 0 rings (SSSR count). The SMILES string of the molecule is CCCCCCC(CCCCCC)(CCCCCC)CCCCCCCCCCCCCP.P. The van der Waals surface area contributed by atoms with Crippen LogP contribution in [0.25, 0.3) is 0 Å². The smallest absolute Gasteiger partial charge is 0.0297 e. The summed E-state index contributed by atoms with van der Waals surface area (Å²) in [5.74, 6) is 0. The summed E-state index contributed by atoms with van der Waals surface area (Å²) in [5, 5.41) is 0. The van der Waals surface area contributed by atoms with Crippen molar-refractivity contribution in [2.75, 3.05) is 6.16 Å². The van der Waals surface area contributed by atoms with E-state index in [-0.39, 0.29) is 9.90 Å². The van der Waals surface area contributed by atoms with Crippen LogP contribution in [0.4, 0.5) is 0 Å². The fourth-order valence-electron chi connectivity index (χ4n) is 5.77. The highest BCUT2D eigenvalue weighted by atomic mass is 31.0. The summed E-state index contributed by atoms with van der Waals surface area (Å²) < 4.78 is 0.